The van der Waals surface area contributed by atoms with E-state index >= 15 is 0 Å². The summed E-state index contributed by atoms with van der Waals surface area (Å²) in [6.45, 7) is 6.31. The fraction of sp³-hybridized carbons (Fsp3) is 0.500. The van der Waals surface area contributed by atoms with Crippen molar-refractivity contribution in [3.8, 4) is 0 Å². The van der Waals surface area contributed by atoms with Crippen LogP contribution in [0.15, 0.2) is 29.4 Å². The SMILES string of the molecule is CC1(S)C=N/C=C\C(C)(C)/C=C\1. The Morgan fingerprint density at radius 1 is 1.08 bits per heavy atom. The molecule has 1 heterocycles. The highest BCUT2D eigenvalue weighted by molar-refractivity contribution is 7.82. The topological polar surface area (TPSA) is 12.4 Å². The van der Waals surface area contributed by atoms with Crippen molar-refractivity contribution in [1.82, 2.24) is 0 Å². The zero-order valence-electron chi connectivity index (χ0n) is 7.78. The first kappa shape index (κ1) is 9.59. The molecule has 0 bridgehead atoms. The number of hydrogen-bond donors (Lipinski definition) is 1. The van der Waals surface area contributed by atoms with Gasteiger partial charge in [-0.05, 0) is 6.92 Å². The molecule has 0 aromatic rings. The quantitative estimate of drug-likeness (QED) is 0.436. The minimum Gasteiger partial charge on any atom is -0.268 e. The Hall–Kier alpha value is -0.500. The van der Waals surface area contributed by atoms with Crippen LogP contribution in [0.2, 0.25) is 0 Å². The van der Waals surface area contributed by atoms with Crippen LogP contribution in [0.4, 0.5) is 0 Å². The Labute approximate surface area is 79.7 Å². The molecular formula is C10H15NS. The Morgan fingerprint density at radius 2 is 1.75 bits per heavy atom. The van der Waals surface area contributed by atoms with E-state index < -0.39 is 0 Å². The van der Waals surface area contributed by atoms with Gasteiger partial charge < -0.3 is 0 Å². The average molecular weight is 181 g/mol. The molecule has 0 aromatic heterocycles. The van der Waals surface area contributed by atoms with Crippen molar-refractivity contribution in [2.24, 2.45) is 10.4 Å². The number of allylic oxidation sites excluding steroid dienone is 2. The lowest BCUT2D eigenvalue weighted by Gasteiger charge is -2.20. The molecule has 1 aliphatic heterocycles. The second-order valence-corrected chi connectivity index (χ2v) is 4.94. The van der Waals surface area contributed by atoms with Crippen LogP contribution in [-0.4, -0.2) is 11.0 Å². The van der Waals surface area contributed by atoms with Gasteiger partial charge in [-0.2, -0.15) is 12.6 Å². The third-order valence-electron chi connectivity index (χ3n) is 1.78. The highest BCUT2D eigenvalue weighted by Gasteiger charge is 2.16. The first-order chi connectivity index (χ1) is 5.41. The molecule has 0 saturated heterocycles. The van der Waals surface area contributed by atoms with E-state index in [-0.39, 0.29) is 10.2 Å². The van der Waals surface area contributed by atoms with E-state index in [2.05, 4.69) is 49.7 Å². The molecule has 66 valence electrons. The molecular weight excluding hydrogens is 166 g/mol. The van der Waals surface area contributed by atoms with Crippen LogP contribution < -0.4 is 0 Å². The number of aliphatic imine (C=N–C) groups is 1. The Morgan fingerprint density at radius 3 is 2.42 bits per heavy atom. The van der Waals surface area contributed by atoms with Gasteiger partial charge in [0.25, 0.3) is 0 Å². The molecule has 0 N–H and O–H groups in total. The van der Waals surface area contributed by atoms with Gasteiger partial charge >= 0.3 is 0 Å². The third-order valence-corrected chi connectivity index (χ3v) is 2.04. The number of thiol groups is 1. The van der Waals surface area contributed by atoms with E-state index in [1.807, 2.05) is 19.3 Å². The molecule has 1 unspecified atom stereocenters. The number of rotatable bonds is 0. The van der Waals surface area contributed by atoms with E-state index in [0.29, 0.717) is 0 Å². The van der Waals surface area contributed by atoms with Gasteiger partial charge in [0.05, 0.1) is 4.75 Å². The Balaban J connectivity index is 2.97. The summed E-state index contributed by atoms with van der Waals surface area (Å²) in [7, 11) is 0. The van der Waals surface area contributed by atoms with Crippen molar-refractivity contribution in [3.05, 3.63) is 24.4 Å². The minimum atomic E-state index is -0.220. The number of nitrogens with zero attached hydrogens (tertiary/aromatic N) is 1. The summed E-state index contributed by atoms with van der Waals surface area (Å²) < 4.78 is -0.220. The van der Waals surface area contributed by atoms with E-state index in [1.165, 1.54) is 0 Å². The van der Waals surface area contributed by atoms with Crippen LogP contribution in [0, 0.1) is 5.41 Å². The van der Waals surface area contributed by atoms with Gasteiger partial charge in [0.2, 0.25) is 0 Å². The van der Waals surface area contributed by atoms with Crippen LogP contribution >= 0.6 is 12.6 Å². The molecule has 2 heteroatoms. The van der Waals surface area contributed by atoms with Gasteiger partial charge in [0.1, 0.15) is 0 Å². The zero-order chi connectivity index (χ0) is 9.24. The van der Waals surface area contributed by atoms with Crippen LogP contribution in [0.1, 0.15) is 20.8 Å². The summed E-state index contributed by atoms with van der Waals surface area (Å²) in [5.41, 5.74) is 0.0851. The van der Waals surface area contributed by atoms with Crippen molar-refractivity contribution in [2.75, 3.05) is 0 Å². The van der Waals surface area contributed by atoms with Crippen molar-refractivity contribution in [2.45, 2.75) is 25.5 Å². The number of hydrogen-bond acceptors (Lipinski definition) is 2. The summed E-state index contributed by atoms with van der Waals surface area (Å²) in [6, 6.07) is 0. The largest absolute Gasteiger partial charge is 0.268 e. The van der Waals surface area contributed by atoms with Crippen LogP contribution in [0.25, 0.3) is 0 Å². The van der Waals surface area contributed by atoms with E-state index in [4.69, 9.17) is 0 Å². The third kappa shape index (κ3) is 2.86. The second-order valence-electron chi connectivity index (χ2n) is 3.97. The fourth-order valence-electron chi connectivity index (χ4n) is 0.911. The zero-order valence-corrected chi connectivity index (χ0v) is 8.68. The molecule has 1 aliphatic rings. The summed E-state index contributed by atoms with van der Waals surface area (Å²) in [5, 5.41) is 0. The summed E-state index contributed by atoms with van der Waals surface area (Å²) in [6.07, 6.45) is 9.96. The Bertz CT molecular complexity index is 221. The first-order valence-corrected chi connectivity index (χ1v) is 4.51. The maximum absolute atomic E-state index is 4.44. The Kier molecular flexibility index (Phi) is 2.47. The summed E-state index contributed by atoms with van der Waals surface area (Å²) in [4.78, 5) is 4.15. The van der Waals surface area contributed by atoms with E-state index in [1.54, 1.807) is 0 Å². The molecule has 0 saturated carbocycles. The smallest absolute Gasteiger partial charge is 0.0632 e. The predicted molar refractivity (Wildman–Crippen MR) is 57.9 cm³/mol. The summed E-state index contributed by atoms with van der Waals surface area (Å²) >= 11 is 4.44. The highest BCUT2D eigenvalue weighted by atomic mass is 32.1. The van der Waals surface area contributed by atoms with Crippen molar-refractivity contribution in [3.63, 3.8) is 0 Å². The van der Waals surface area contributed by atoms with Gasteiger partial charge in [-0.3, -0.25) is 4.99 Å². The molecule has 0 spiro atoms. The van der Waals surface area contributed by atoms with Gasteiger partial charge in [0, 0.05) is 17.8 Å². The molecule has 1 rings (SSSR count). The fourth-order valence-corrected chi connectivity index (χ4v) is 1.05. The maximum atomic E-state index is 4.44. The normalized spacial score (nSPS) is 38.3. The van der Waals surface area contributed by atoms with Crippen LogP contribution in [0.3, 0.4) is 0 Å². The molecule has 12 heavy (non-hydrogen) atoms. The molecule has 0 aliphatic carbocycles. The van der Waals surface area contributed by atoms with Crippen molar-refractivity contribution in [1.29, 1.82) is 0 Å². The highest BCUT2D eigenvalue weighted by Crippen LogP contribution is 2.24. The van der Waals surface area contributed by atoms with Gasteiger partial charge in [0.15, 0.2) is 0 Å². The van der Waals surface area contributed by atoms with Crippen molar-refractivity contribution < 1.29 is 0 Å². The van der Waals surface area contributed by atoms with Crippen LogP contribution in [0.5, 0.6) is 0 Å². The van der Waals surface area contributed by atoms with Gasteiger partial charge in [-0.15, -0.1) is 0 Å². The minimum absolute atomic E-state index is 0.0851. The molecule has 0 fully saturated rings. The standard InChI is InChI=1S/C10H15NS/c1-9(2)4-5-10(3,12)8-11-7-6-9/h4-8,12H,1-3H3/b5-4-,7-6-,11-8?. The maximum Gasteiger partial charge on any atom is 0.0632 e. The van der Waals surface area contributed by atoms with E-state index in [9.17, 15) is 0 Å². The van der Waals surface area contributed by atoms with Crippen LogP contribution in [-0.2, 0) is 0 Å². The van der Waals surface area contributed by atoms with Crippen molar-refractivity contribution >= 4 is 18.8 Å². The lowest BCUT2D eigenvalue weighted by atomic mass is 9.91. The molecule has 0 aromatic carbocycles. The monoisotopic (exact) mass is 181 g/mol. The van der Waals surface area contributed by atoms with Gasteiger partial charge in [-0.1, -0.05) is 32.1 Å². The lowest BCUT2D eigenvalue weighted by Crippen LogP contribution is -2.17. The van der Waals surface area contributed by atoms with Gasteiger partial charge in [-0.25, -0.2) is 0 Å². The molecule has 0 amide bonds. The van der Waals surface area contributed by atoms with E-state index in [0.717, 1.165) is 0 Å². The first-order valence-electron chi connectivity index (χ1n) is 4.06. The molecule has 1 nitrogen and oxygen atoms in total. The molecule has 0 radical (unpaired) electrons. The predicted octanol–water partition coefficient (Wildman–Crippen LogP) is 2.86. The molecule has 1 atom stereocenters. The average Bonchev–Trinajstić information content (AvgIpc) is 1.94. The second kappa shape index (κ2) is 3.09. The summed E-state index contributed by atoms with van der Waals surface area (Å²) in [5.74, 6) is 0. The lowest BCUT2D eigenvalue weighted by molar-refractivity contribution is 0.620.